The minimum absolute atomic E-state index is 0.0309. The average Bonchev–Trinajstić information content (AvgIpc) is 2.88. The fourth-order valence-electron chi connectivity index (χ4n) is 5.25. The second kappa shape index (κ2) is 11.5. The lowest BCUT2D eigenvalue weighted by atomic mass is 9.75. The molecule has 0 aromatic heterocycles. The van der Waals surface area contributed by atoms with Crippen LogP contribution in [0.25, 0.3) is 0 Å². The number of esters is 1. The number of halogens is 3. The summed E-state index contributed by atoms with van der Waals surface area (Å²) in [5.74, 6) is -2.67. The zero-order chi connectivity index (χ0) is 26.8. The Kier molecular flexibility index (Phi) is 8.72. The number of carbonyl (C=O) groups excluding carboxylic acids is 1. The van der Waals surface area contributed by atoms with Crippen LogP contribution in [0.1, 0.15) is 38.7 Å². The van der Waals surface area contributed by atoms with Gasteiger partial charge in [-0.15, -0.1) is 11.8 Å². The number of hydrogen-bond donors (Lipinski definition) is 0. The third-order valence-corrected chi connectivity index (χ3v) is 11.2. The number of rotatable bonds is 9. The van der Waals surface area contributed by atoms with Crippen molar-refractivity contribution in [3.8, 4) is 5.75 Å². The first-order valence-corrected chi connectivity index (χ1v) is 15.1. The van der Waals surface area contributed by atoms with Crippen LogP contribution < -0.4 is 4.74 Å². The molecule has 0 aliphatic carbocycles. The number of ether oxygens (including phenoxy) is 3. The second-order valence-electron chi connectivity index (χ2n) is 8.97. The molecule has 0 radical (unpaired) electrons. The van der Waals surface area contributed by atoms with Crippen molar-refractivity contribution in [3.05, 3.63) is 58.6 Å². The Hall–Kier alpha value is -1.88. The summed E-state index contributed by atoms with van der Waals surface area (Å²) in [5, 5.41) is -0.00692. The fraction of sp³-hybridized carbons (Fsp3) is 0.500. The summed E-state index contributed by atoms with van der Waals surface area (Å²) in [4.78, 5) is 12.2. The van der Waals surface area contributed by atoms with Crippen LogP contribution in [0.4, 0.5) is 8.78 Å². The van der Waals surface area contributed by atoms with E-state index in [4.69, 9.17) is 25.8 Å². The van der Waals surface area contributed by atoms with Gasteiger partial charge in [0.15, 0.2) is 21.4 Å². The molecule has 0 amide bonds. The maximum atomic E-state index is 15.4. The summed E-state index contributed by atoms with van der Waals surface area (Å²) in [7, 11) is -4.26. The van der Waals surface area contributed by atoms with Crippen LogP contribution >= 0.6 is 23.4 Å². The van der Waals surface area contributed by atoms with Crippen LogP contribution in [-0.4, -0.2) is 51.3 Å². The molecular formula is C26H29ClF2O6S2. The van der Waals surface area contributed by atoms with Crippen molar-refractivity contribution < 1.29 is 36.2 Å². The quantitative estimate of drug-likeness (QED) is 0.363. The molecule has 37 heavy (non-hydrogen) atoms. The molecule has 2 aromatic rings. The van der Waals surface area contributed by atoms with Gasteiger partial charge < -0.3 is 14.2 Å². The van der Waals surface area contributed by atoms with Crippen LogP contribution in [0.2, 0.25) is 5.02 Å². The third-order valence-electron chi connectivity index (χ3n) is 6.99. The number of fused-ring (bicyclic) bond motifs is 3. The topological polar surface area (TPSA) is 78.9 Å². The van der Waals surface area contributed by atoms with E-state index in [0.29, 0.717) is 23.6 Å². The van der Waals surface area contributed by atoms with Crippen molar-refractivity contribution >= 4 is 39.2 Å². The molecule has 0 saturated carbocycles. The Morgan fingerprint density at radius 3 is 2.57 bits per heavy atom. The molecule has 1 unspecified atom stereocenters. The molecule has 1 saturated heterocycles. The molecule has 2 heterocycles. The molecule has 4 atom stereocenters. The van der Waals surface area contributed by atoms with Gasteiger partial charge in [0, 0.05) is 17.5 Å². The van der Waals surface area contributed by atoms with Crippen LogP contribution in [0.5, 0.6) is 5.75 Å². The molecule has 1 fully saturated rings. The van der Waals surface area contributed by atoms with Gasteiger partial charge >= 0.3 is 5.97 Å². The highest BCUT2D eigenvalue weighted by Gasteiger charge is 2.61. The summed E-state index contributed by atoms with van der Waals surface area (Å²) in [6.07, 6.45) is 0.273. The zero-order valence-electron chi connectivity index (χ0n) is 20.5. The predicted molar refractivity (Wildman–Crippen MR) is 138 cm³/mol. The maximum Gasteiger partial charge on any atom is 0.319 e. The monoisotopic (exact) mass is 574 g/mol. The number of sulfone groups is 1. The van der Waals surface area contributed by atoms with Gasteiger partial charge in [-0.3, -0.25) is 4.79 Å². The predicted octanol–water partition coefficient (Wildman–Crippen LogP) is 5.55. The van der Waals surface area contributed by atoms with E-state index < -0.39 is 38.2 Å². The molecule has 202 valence electrons. The second-order valence-corrected chi connectivity index (χ2v) is 12.9. The summed E-state index contributed by atoms with van der Waals surface area (Å²) >= 11 is 7.40. The van der Waals surface area contributed by atoms with Gasteiger partial charge in [0.05, 0.1) is 29.8 Å². The first-order valence-electron chi connectivity index (χ1n) is 12.2. The SMILES string of the molecule is CCOC(=O)C(CC)SCC[C@@H]1OCC[C@@]2(S(=O)(=O)c3ccc(Cl)cc3)c3c(F)ccc(F)c3OC[C@@H]12. The van der Waals surface area contributed by atoms with Gasteiger partial charge in [-0.2, -0.15) is 0 Å². The molecule has 4 rings (SSSR count). The Morgan fingerprint density at radius 2 is 1.89 bits per heavy atom. The first-order chi connectivity index (χ1) is 17.7. The number of carbonyl (C=O) groups is 1. The lowest BCUT2D eigenvalue weighted by Gasteiger charge is -2.50. The van der Waals surface area contributed by atoms with E-state index in [1.54, 1.807) is 6.92 Å². The molecule has 0 bridgehead atoms. The van der Waals surface area contributed by atoms with E-state index in [0.717, 1.165) is 12.1 Å². The molecule has 6 nitrogen and oxygen atoms in total. The summed E-state index contributed by atoms with van der Waals surface area (Å²) in [6, 6.07) is 7.53. The van der Waals surface area contributed by atoms with E-state index in [-0.39, 0.29) is 53.7 Å². The lowest BCUT2D eigenvalue weighted by Crippen LogP contribution is -2.57. The molecule has 2 aliphatic rings. The average molecular weight is 575 g/mol. The van der Waals surface area contributed by atoms with Gasteiger partial charge in [0.1, 0.15) is 15.8 Å². The van der Waals surface area contributed by atoms with E-state index >= 15 is 4.39 Å². The van der Waals surface area contributed by atoms with E-state index in [1.165, 1.54) is 36.0 Å². The highest BCUT2D eigenvalue weighted by atomic mass is 35.5. The normalized spacial score (nSPS) is 23.9. The molecule has 11 heteroatoms. The number of hydrogen-bond acceptors (Lipinski definition) is 7. The summed E-state index contributed by atoms with van der Waals surface area (Å²) in [6.45, 7) is 3.79. The van der Waals surface area contributed by atoms with Gasteiger partial charge in [0.25, 0.3) is 0 Å². The Bertz CT molecular complexity index is 1240. The van der Waals surface area contributed by atoms with Crippen molar-refractivity contribution in [2.24, 2.45) is 5.92 Å². The number of thioether (sulfide) groups is 1. The standard InChI is InChI=1S/C26H29ClF2O6S2/c1-3-22(25(30)33-4-2)36-14-11-21-18-15-35-24-20(29)10-9-19(28)23(24)26(18,12-13-34-21)37(31,32)17-7-5-16(27)6-8-17/h5-10,18,21-22H,3-4,11-15H2,1-2H3/t18-,21-,22?,26-/m0/s1. The zero-order valence-corrected chi connectivity index (χ0v) is 22.9. The van der Waals surface area contributed by atoms with Gasteiger partial charge in [-0.25, -0.2) is 17.2 Å². The summed E-state index contributed by atoms with van der Waals surface area (Å²) < 4.78 is 73.9. The van der Waals surface area contributed by atoms with Crippen molar-refractivity contribution in [2.45, 2.75) is 54.1 Å². The van der Waals surface area contributed by atoms with E-state index in [9.17, 15) is 17.6 Å². The van der Waals surface area contributed by atoms with E-state index in [1.807, 2.05) is 6.92 Å². The van der Waals surface area contributed by atoms with E-state index in [2.05, 4.69) is 0 Å². The van der Waals surface area contributed by atoms with Crippen molar-refractivity contribution in [3.63, 3.8) is 0 Å². The Balaban J connectivity index is 1.73. The van der Waals surface area contributed by atoms with Gasteiger partial charge in [-0.05, 0) is 68.3 Å². The third kappa shape index (κ3) is 5.10. The summed E-state index contributed by atoms with van der Waals surface area (Å²) in [5.41, 5.74) is -0.294. The maximum absolute atomic E-state index is 15.4. The van der Waals surface area contributed by atoms with Crippen LogP contribution in [0.15, 0.2) is 41.3 Å². The molecule has 0 spiro atoms. The minimum Gasteiger partial charge on any atom is -0.490 e. The fourth-order valence-corrected chi connectivity index (χ4v) is 8.81. The van der Waals surface area contributed by atoms with Crippen LogP contribution in [0, 0.1) is 17.6 Å². The highest BCUT2D eigenvalue weighted by Crippen LogP contribution is 2.56. The smallest absolute Gasteiger partial charge is 0.319 e. The molecule has 2 aliphatic heterocycles. The lowest BCUT2D eigenvalue weighted by molar-refractivity contribution is -0.142. The minimum atomic E-state index is -4.26. The Labute approximate surface area is 224 Å². The van der Waals surface area contributed by atoms with Crippen LogP contribution in [0.3, 0.4) is 0 Å². The first kappa shape index (κ1) is 28.1. The van der Waals surface area contributed by atoms with Gasteiger partial charge in [-0.1, -0.05) is 18.5 Å². The van der Waals surface area contributed by atoms with Crippen molar-refractivity contribution in [2.75, 3.05) is 25.6 Å². The molecule has 0 N–H and O–H groups in total. The largest absolute Gasteiger partial charge is 0.490 e. The molecular weight excluding hydrogens is 546 g/mol. The Morgan fingerprint density at radius 1 is 1.19 bits per heavy atom. The van der Waals surface area contributed by atoms with Crippen LogP contribution in [-0.2, 0) is 28.9 Å². The van der Waals surface area contributed by atoms with Crippen molar-refractivity contribution in [1.29, 1.82) is 0 Å². The molecule has 2 aromatic carbocycles. The highest BCUT2D eigenvalue weighted by molar-refractivity contribution is 8.00. The van der Waals surface area contributed by atoms with Gasteiger partial charge in [0.2, 0.25) is 0 Å². The van der Waals surface area contributed by atoms with Crippen molar-refractivity contribution in [1.82, 2.24) is 0 Å². The number of benzene rings is 2.